The second kappa shape index (κ2) is 8.05. The molecule has 9 heteroatoms. The molecule has 5 atom stereocenters. The van der Waals surface area contributed by atoms with Crippen LogP contribution in [0, 0.1) is 23.5 Å². The Balaban J connectivity index is 1.30. The van der Waals surface area contributed by atoms with Crippen molar-refractivity contribution in [1.29, 1.82) is 0 Å². The molecule has 3 aliphatic rings. The van der Waals surface area contributed by atoms with Gasteiger partial charge in [0.05, 0.1) is 13.2 Å². The average molecular weight is 429 g/mol. The van der Waals surface area contributed by atoms with Crippen LogP contribution in [0.15, 0.2) is 36.5 Å². The third kappa shape index (κ3) is 3.95. The molecule has 1 aromatic heterocycles. The third-order valence-corrected chi connectivity index (χ3v) is 6.70. The molecule has 5 rings (SSSR count). The summed E-state index contributed by atoms with van der Waals surface area (Å²) in [5.41, 5.74) is 8.33. The smallest absolute Gasteiger partial charge is 0.317 e. The molecule has 2 amide bonds. The van der Waals surface area contributed by atoms with Gasteiger partial charge in [0.25, 0.3) is 0 Å². The SMILES string of the molecule is COc1ccc(C2NNC3CC4NC(=O)N(Cc5cc(F)cc(F)c5)CC4CC32)cn1. The minimum absolute atomic E-state index is 0.0799. The van der Waals surface area contributed by atoms with Crippen LogP contribution in [0.5, 0.6) is 5.88 Å². The van der Waals surface area contributed by atoms with Crippen LogP contribution in [0.4, 0.5) is 13.6 Å². The minimum Gasteiger partial charge on any atom is -0.481 e. The van der Waals surface area contributed by atoms with Crippen LogP contribution in [0.1, 0.15) is 30.0 Å². The van der Waals surface area contributed by atoms with Crippen molar-refractivity contribution in [2.45, 2.75) is 37.5 Å². The lowest BCUT2D eigenvalue weighted by atomic mass is 9.71. The van der Waals surface area contributed by atoms with Gasteiger partial charge >= 0.3 is 6.03 Å². The normalized spacial score (nSPS) is 29.8. The van der Waals surface area contributed by atoms with E-state index in [2.05, 4.69) is 21.2 Å². The lowest BCUT2D eigenvalue weighted by Gasteiger charge is -2.45. The van der Waals surface area contributed by atoms with E-state index in [0.717, 1.165) is 24.5 Å². The first-order chi connectivity index (χ1) is 15.0. The molecule has 164 valence electrons. The first-order valence-corrected chi connectivity index (χ1v) is 10.5. The summed E-state index contributed by atoms with van der Waals surface area (Å²) < 4.78 is 32.3. The number of nitrogens with one attached hydrogen (secondary N) is 3. The number of pyridine rings is 1. The maximum atomic E-state index is 13.6. The number of amides is 2. The largest absolute Gasteiger partial charge is 0.481 e. The summed E-state index contributed by atoms with van der Waals surface area (Å²) >= 11 is 0. The zero-order valence-corrected chi connectivity index (χ0v) is 17.1. The number of methoxy groups -OCH3 is 1. The quantitative estimate of drug-likeness (QED) is 0.696. The Labute approximate surface area is 179 Å². The number of halogens is 2. The van der Waals surface area contributed by atoms with Gasteiger partial charge in [0.2, 0.25) is 5.88 Å². The van der Waals surface area contributed by atoms with E-state index < -0.39 is 11.6 Å². The molecular weight excluding hydrogens is 404 g/mol. The van der Waals surface area contributed by atoms with Crippen LogP contribution >= 0.6 is 0 Å². The Morgan fingerprint density at radius 1 is 1.13 bits per heavy atom. The molecule has 1 aromatic carbocycles. The molecule has 3 N–H and O–H groups in total. The van der Waals surface area contributed by atoms with Gasteiger partial charge in [0.1, 0.15) is 11.6 Å². The Hall–Kier alpha value is -2.78. The van der Waals surface area contributed by atoms with Crippen LogP contribution in [-0.2, 0) is 6.54 Å². The fourth-order valence-electron chi connectivity index (χ4n) is 5.24. The van der Waals surface area contributed by atoms with Gasteiger partial charge in [-0.05, 0) is 47.9 Å². The highest BCUT2D eigenvalue weighted by molar-refractivity contribution is 5.75. The lowest BCUT2D eigenvalue weighted by Crippen LogP contribution is -2.60. The number of hydrogen-bond acceptors (Lipinski definition) is 5. The number of hydrazine groups is 1. The molecular formula is C22H25F2N5O2. The van der Waals surface area contributed by atoms with Crippen molar-refractivity contribution in [3.05, 3.63) is 59.3 Å². The summed E-state index contributed by atoms with van der Waals surface area (Å²) in [6, 6.07) is 7.52. The Bertz CT molecular complexity index is 953. The van der Waals surface area contributed by atoms with E-state index in [1.165, 1.54) is 12.1 Å². The molecule has 5 unspecified atom stereocenters. The molecule has 31 heavy (non-hydrogen) atoms. The van der Waals surface area contributed by atoms with Crippen LogP contribution in [-0.4, -0.2) is 41.7 Å². The number of hydrogen-bond donors (Lipinski definition) is 3. The molecule has 1 saturated carbocycles. The molecule has 7 nitrogen and oxygen atoms in total. The number of aromatic nitrogens is 1. The van der Waals surface area contributed by atoms with Crippen LogP contribution in [0.3, 0.4) is 0 Å². The molecule has 2 saturated heterocycles. The summed E-state index contributed by atoms with van der Waals surface area (Å²) in [5.74, 6) is -0.0863. The van der Waals surface area contributed by atoms with E-state index in [1.807, 2.05) is 18.3 Å². The number of rotatable bonds is 4. The van der Waals surface area contributed by atoms with Gasteiger partial charge < -0.3 is 15.0 Å². The molecule has 0 bridgehead atoms. The zero-order chi connectivity index (χ0) is 21.5. The fraction of sp³-hybridized carbons (Fsp3) is 0.455. The molecule has 1 aliphatic carbocycles. The highest BCUT2D eigenvalue weighted by atomic mass is 19.1. The first-order valence-electron chi connectivity index (χ1n) is 10.5. The van der Waals surface area contributed by atoms with Crippen molar-refractivity contribution in [3.8, 4) is 5.88 Å². The van der Waals surface area contributed by atoms with Crippen molar-refractivity contribution < 1.29 is 18.3 Å². The van der Waals surface area contributed by atoms with Gasteiger partial charge in [0.15, 0.2) is 0 Å². The fourth-order valence-corrected chi connectivity index (χ4v) is 5.24. The van der Waals surface area contributed by atoms with Gasteiger partial charge in [-0.3, -0.25) is 5.43 Å². The number of fused-ring (bicyclic) bond motifs is 2. The Morgan fingerprint density at radius 3 is 2.65 bits per heavy atom. The van der Waals surface area contributed by atoms with E-state index >= 15 is 0 Å². The number of urea groups is 1. The van der Waals surface area contributed by atoms with E-state index in [-0.39, 0.29) is 36.6 Å². The summed E-state index contributed by atoms with van der Waals surface area (Å²) in [6.45, 7) is 0.742. The predicted molar refractivity (Wildman–Crippen MR) is 109 cm³/mol. The first kappa shape index (κ1) is 20.1. The second-order valence-corrected chi connectivity index (χ2v) is 8.62. The Kier molecular flexibility index (Phi) is 5.23. The van der Waals surface area contributed by atoms with Crippen LogP contribution < -0.4 is 20.9 Å². The lowest BCUT2D eigenvalue weighted by molar-refractivity contribution is 0.0960. The molecule has 3 heterocycles. The number of benzene rings is 1. The molecule has 0 spiro atoms. The summed E-state index contributed by atoms with van der Waals surface area (Å²) in [7, 11) is 1.59. The van der Waals surface area contributed by atoms with E-state index in [9.17, 15) is 13.6 Å². The van der Waals surface area contributed by atoms with Crippen molar-refractivity contribution in [1.82, 2.24) is 26.1 Å². The van der Waals surface area contributed by atoms with Crippen molar-refractivity contribution in [2.75, 3.05) is 13.7 Å². The van der Waals surface area contributed by atoms with Gasteiger partial charge in [-0.15, -0.1) is 0 Å². The minimum atomic E-state index is -0.634. The number of carbonyl (C=O) groups is 1. The topological polar surface area (TPSA) is 78.5 Å². The van der Waals surface area contributed by atoms with E-state index in [0.29, 0.717) is 23.9 Å². The van der Waals surface area contributed by atoms with E-state index in [4.69, 9.17) is 4.74 Å². The molecule has 3 fully saturated rings. The second-order valence-electron chi connectivity index (χ2n) is 8.62. The van der Waals surface area contributed by atoms with Gasteiger partial charge in [0, 0.05) is 43.5 Å². The zero-order valence-electron chi connectivity index (χ0n) is 17.1. The van der Waals surface area contributed by atoms with Gasteiger partial charge in [-0.1, -0.05) is 6.07 Å². The summed E-state index contributed by atoms with van der Waals surface area (Å²) in [5, 5.41) is 3.10. The van der Waals surface area contributed by atoms with Crippen LogP contribution in [0.25, 0.3) is 0 Å². The average Bonchev–Trinajstić information content (AvgIpc) is 3.15. The molecule has 2 aromatic rings. The highest BCUT2D eigenvalue weighted by Crippen LogP contribution is 2.42. The summed E-state index contributed by atoms with van der Waals surface area (Å²) in [6.07, 6.45) is 3.58. The standard InChI is InChI=1S/C22H25F2N5O2/c1-31-20-3-2-13(9-25-20)21-17-6-14-11-29(10-12-4-15(23)7-16(24)5-12)22(30)26-18(14)8-19(17)27-28-21/h2-5,7,9,14,17-19,21,27-28H,6,8,10-11H2,1H3,(H,26,30). The van der Waals surface area contributed by atoms with Crippen molar-refractivity contribution in [2.24, 2.45) is 11.8 Å². The predicted octanol–water partition coefficient (Wildman–Crippen LogP) is 2.51. The van der Waals surface area contributed by atoms with Crippen LogP contribution in [0.2, 0.25) is 0 Å². The molecule has 2 aliphatic heterocycles. The van der Waals surface area contributed by atoms with Gasteiger partial charge in [-0.2, -0.15) is 0 Å². The van der Waals surface area contributed by atoms with Gasteiger partial charge in [-0.25, -0.2) is 24.0 Å². The third-order valence-electron chi connectivity index (χ3n) is 6.70. The number of nitrogens with zero attached hydrogens (tertiary/aromatic N) is 2. The maximum Gasteiger partial charge on any atom is 0.317 e. The Morgan fingerprint density at radius 2 is 1.94 bits per heavy atom. The monoisotopic (exact) mass is 429 g/mol. The van der Waals surface area contributed by atoms with Crippen molar-refractivity contribution in [3.63, 3.8) is 0 Å². The number of ether oxygens (including phenoxy) is 1. The molecule has 0 radical (unpaired) electrons. The number of carbonyl (C=O) groups excluding carboxylic acids is 1. The maximum absolute atomic E-state index is 13.6. The highest BCUT2D eigenvalue weighted by Gasteiger charge is 2.47. The summed E-state index contributed by atoms with van der Waals surface area (Å²) in [4.78, 5) is 18.6. The van der Waals surface area contributed by atoms with Crippen molar-refractivity contribution >= 4 is 6.03 Å². The van der Waals surface area contributed by atoms with E-state index in [1.54, 1.807) is 12.0 Å².